The summed E-state index contributed by atoms with van der Waals surface area (Å²) in [5.74, 6) is 0. The molecule has 1 aromatic heterocycles. The average molecular weight is 395 g/mol. The Morgan fingerprint density at radius 3 is 2.40 bits per heavy atom. The zero-order valence-electron chi connectivity index (χ0n) is 8.21. The SMILES string of the molecule is Cc1cccc(-c2ccccc2[S-])n1.[Pt]. The minimum Gasteiger partial charge on any atom is -0.779 e. The molecule has 0 atom stereocenters. The van der Waals surface area contributed by atoms with Gasteiger partial charge in [0.05, 0.1) is 5.69 Å². The van der Waals surface area contributed by atoms with Gasteiger partial charge in [0.15, 0.2) is 0 Å². The van der Waals surface area contributed by atoms with E-state index in [1.54, 1.807) is 0 Å². The van der Waals surface area contributed by atoms with Crippen molar-refractivity contribution in [2.45, 2.75) is 11.8 Å². The average Bonchev–Trinajstić information content (AvgIpc) is 2.18. The van der Waals surface area contributed by atoms with Crippen molar-refractivity contribution in [2.24, 2.45) is 0 Å². The van der Waals surface area contributed by atoms with E-state index in [0.717, 1.165) is 21.8 Å². The van der Waals surface area contributed by atoms with Crippen molar-refractivity contribution in [2.75, 3.05) is 0 Å². The van der Waals surface area contributed by atoms with Gasteiger partial charge in [0.2, 0.25) is 0 Å². The van der Waals surface area contributed by atoms with Crippen LogP contribution in [0.25, 0.3) is 11.3 Å². The number of benzene rings is 1. The van der Waals surface area contributed by atoms with Crippen LogP contribution in [-0.4, -0.2) is 4.98 Å². The van der Waals surface area contributed by atoms with Crippen molar-refractivity contribution in [3.05, 3.63) is 48.2 Å². The van der Waals surface area contributed by atoms with Gasteiger partial charge >= 0.3 is 0 Å². The van der Waals surface area contributed by atoms with Gasteiger partial charge in [-0.25, -0.2) is 0 Å². The number of nitrogens with zero attached hydrogens (tertiary/aromatic N) is 1. The molecule has 15 heavy (non-hydrogen) atoms. The topological polar surface area (TPSA) is 12.9 Å². The second-order valence-electron chi connectivity index (χ2n) is 3.16. The van der Waals surface area contributed by atoms with Crippen molar-refractivity contribution in [1.82, 2.24) is 4.98 Å². The summed E-state index contributed by atoms with van der Waals surface area (Å²) < 4.78 is 0. The molecule has 0 amide bonds. The molecule has 2 aromatic rings. The third-order valence-electron chi connectivity index (χ3n) is 2.05. The minimum absolute atomic E-state index is 0. The zero-order valence-corrected chi connectivity index (χ0v) is 11.3. The third-order valence-corrected chi connectivity index (χ3v) is 2.41. The van der Waals surface area contributed by atoms with E-state index in [4.69, 9.17) is 12.6 Å². The molecule has 0 aliphatic rings. The van der Waals surface area contributed by atoms with Gasteiger partial charge in [-0.2, -0.15) is 4.90 Å². The van der Waals surface area contributed by atoms with Crippen LogP contribution in [0.4, 0.5) is 0 Å². The maximum atomic E-state index is 5.24. The van der Waals surface area contributed by atoms with Gasteiger partial charge in [-0.3, -0.25) is 4.98 Å². The fourth-order valence-corrected chi connectivity index (χ4v) is 1.62. The van der Waals surface area contributed by atoms with Crippen LogP contribution < -0.4 is 0 Å². The Morgan fingerprint density at radius 2 is 1.73 bits per heavy atom. The van der Waals surface area contributed by atoms with Gasteiger partial charge in [0, 0.05) is 26.8 Å². The van der Waals surface area contributed by atoms with Gasteiger partial charge in [0.25, 0.3) is 0 Å². The molecule has 80 valence electrons. The van der Waals surface area contributed by atoms with Crippen molar-refractivity contribution in [1.29, 1.82) is 0 Å². The van der Waals surface area contributed by atoms with E-state index in [-0.39, 0.29) is 21.1 Å². The standard InChI is InChI=1S/C12H11NS.Pt/c1-9-5-4-7-11(13-9)10-6-2-3-8-12(10)14;/h2-8,14H,1H3;/p-1. The molecule has 2 rings (SSSR count). The molecule has 3 heteroatoms. The van der Waals surface area contributed by atoms with Gasteiger partial charge in [-0.15, -0.1) is 0 Å². The molecule has 0 unspecified atom stereocenters. The summed E-state index contributed by atoms with van der Waals surface area (Å²) in [5, 5.41) is 0. The van der Waals surface area contributed by atoms with Gasteiger partial charge in [-0.05, 0) is 24.6 Å². The second kappa shape index (κ2) is 5.39. The summed E-state index contributed by atoms with van der Waals surface area (Å²) in [4.78, 5) is 5.29. The number of aromatic nitrogens is 1. The van der Waals surface area contributed by atoms with E-state index >= 15 is 0 Å². The summed E-state index contributed by atoms with van der Waals surface area (Å²) >= 11 is 5.24. The van der Waals surface area contributed by atoms with Crippen LogP contribution in [-0.2, 0) is 33.7 Å². The maximum absolute atomic E-state index is 5.24. The van der Waals surface area contributed by atoms with E-state index in [1.165, 1.54) is 0 Å². The van der Waals surface area contributed by atoms with E-state index < -0.39 is 0 Å². The molecule has 0 fully saturated rings. The molecular formula is C12H10NPtS-. The summed E-state index contributed by atoms with van der Waals surface area (Å²) in [7, 11) is 0. The third kappa shape index (κ3) is 2.87. The molecule has 0 saturated heterocycles. The first kappa shape index (κ1) is 12.3. The first-order chi connectivity index (χ1) is 6.77. The molecule has 1 aromatic carbocycles. The molecule has 1 heterocycles. The number of hydrogen-bond donors (Lipinski definition) is 0. The van der Waals surface area contributed by atoms with Crippen molar-refractivity contribution in [3.8, 4) is 11.3 Å². The fraction of sp³-hybridized carbons (Fsp3) is 0.0833. The summed E-state index contributed by atoms with van der Waals surface area (Å²) in [5.41, 5.74) is 3.00. The number of rotatable bonds is 1. The smallest absolute Gasteiger partial charge is 0.0690 e. The quantitative estimate of drug-likeness (QED) is 0.689. The molecule has 1 nitrogen and oxygen atoms in total. The van der Waals surface area contributed by atoms with Crippen molar-refractivity contribution in [3.63, 3.8) is 0 Å². The maximum Gasteiger partial charge on any atom is 0.0690 e. The van der Waals surface area contributed by atoms with Gasteiger partial charge in [-0.1, -0.05) is 30.3 Å². The van der Waals surface area contributed by atoms with Crippen LogP contribution in [0.15, 0.2) is 47.4 Å². The van der Waals surface area contributed by atoms with Crippen molar-refractivity contribution < 1.29 is 21.1 Å². The molecule has 0 saturated carbocycles. The monoisotopic (exact) mass is 395 g/mol. The summed E-state index contributed by atoms with van der Waals surface area (Å²) in [6, 6.07) is 13.8. The van der Waals surface area contributed by atoms with E-state index in [2.05, 4.69) is 4.98 Å². The number of pyridine rings is 1. The second-order valence-corrected chi connectivity index (χ2v) is 3.60. The molecule has 0 bridgehead atoms. The first-order valence-corrected chi connectivity index (χ1v) is 4.88. The summed E-state index contributed by atoms with van der Waals surface area (Å²) in [6.07, 6.45) is 0. The predicted octanol–water partition coefficient (Wildman–Crippen LogP) is 2.96. The zero-order chi connectivity index (χ0) is 9.97. The Labute approximate surface area is 110 Å². The Hall–Kier alpha value is -0.722. The number of aryl methyl sites for hydroxylation is 1. The van der Waals surface area contributed by atoms with Crippen LogP contribution >= 0.6 is 0 Å². The Bertz CT molecular complexity index is 457. The Balaban J connectivity index is 0.00000112. The van der Waals surface area contributed by atoms with Crippen LogP contribution in [0.3, 0.4) is 0 Å². The van der Waals surface area contributed by atoms with E-state index in [0.29, 0.717) is 0 Å². The Kier molecular flexibility index (Phi) is 4.43. The van der Waals surface area contributed by atoms with Crippen molar-refractivity contribution >= 4 is 12.6 Å². The van der Waals surface area contributed by atoms with Crippen LogP contribution in [0.1, 0.15) is 5.69 Å². The van der Waals surface area contributed by atoms with E-state index in [9.17, 15) is 0 Å². The minimum atomic E-state index is 0. The first-order valence-electron chi connectivity index (χ1n) is 4.47. The fourth-order valence-electron chi connectivity index (χ4n) is 1.37. The van der Waals surface area contributed by atoms with Gasteiger partial charge < -0.3 is 12.6 Å². The van der Waals surface area contributed by atoms with Gasteiger partial charge in [0.1, 0.15) is 0 Å². The Morgan fingerprint density at radius 1 is 1.00 bits per heavy atom. The van der Waals surface area contributed by atoms with Crippen LogP contribution in [0.2, 0.25) is 0 Å². The molecular weight excluding hydrogens is 385 g/mol. The number of hydrogen-bond acceptors (Lipinski definition) is 2. The molecule has 0 radical (unpaired) electrons. The predicted molar refractivity (Wildman–Crippen MR) is 60.0 cm³/mol. The molecule has 0 N–H and O–H groups in total. The molecule has 0 aliphatic heterocycles. The largest absolute Gasteiger partial charge is 0.779 e. The summed E-state index contributed by atoms with van der Waals surface area (Å²) in [6.45, 7) is 1.98. The normalized spacial score (nSPS) is 9.40. The molecule has 0 aliphatic carbocycles. The van der Waals surface area contributed by atoms with Crippen LogP contribution in [0.5, 0.6) is 0 Å². The van der Waals surface area contributed by atoms with E-state index in [1.807, 2.05) is 49.4 Å². The van der Waals surface area contributed by atoms with Crippen LogP contribution in [0, 0.1) is 6.92 Å². The molecule has 0 spiro atoms.